The van der Waals surface area contributed by atoms with Crippen molar-refractivity contribution in [3.63, 3.8) is 0 Å². The van der Waals surface area contributed by atoms with Crippen molar-refractivity contribution < 1.29 is 19.7 Å². The van der Waals surface area contributed by atoms with E-state index in [0.717, 1.165) is 25.7 Å². The van der Waals surface area contributed by atoms with Crippen molar-refractivity contribution in [3.8, 4) is 0 Å². The molecule has 2 atom stereocenters. The van der Waals surface area contributed by atoms with Crippen LogP contribution in [-0.2, 0) is 20.7 Å². The van der Waals surface area contributed by atoms with Crippen LogP contribution in [0.5, 0.6) is 0 Å². The number of hydrogen-bond donors (Lipinski definition) is 2. The second-order valence-electron chi connectivity index (χ2n) is 8.52. The van der Waals surface area contributed by atoms with E-state index in [1.807, 2.05) is 48.5 Å². The van der Waals surface area contributed by atoms with Crippen LogP contribution >= 0.6 is 0 Å². The maximum absolute atomic E-state index is 13.2. The van der Waals surface area contributed by atoms with Gasteiger partial charge in [0.05, 0.1) is 12.5 Å². The largest absolute Gasteiger partial charge is 0.465 e. The zero-order valence-electron chi connectivity index (χ0n) is 17.2. The molecule has 2 bridgehead atoms. The molecule has 3 aliphatic rings. The van der Waals surface area contributed by atoms with E-state index >= 15 is 0 Å². The number of carbonyl (C=O) groups excluding carboxylic acids is 1. The summed E-state index contributed by atoms with van der Waals surface area (Å²) in [4.78, 5) is 13.2. The third-order valence-electron chi connectivity index (χ3n) is 6.86. The molecule has 4 nitrogen and oxygen atoms in total. The summed E-state index contributed by atoms with van der Waals surface area (Å²) >= 11 is 0. The average molecular weight is 395 g/mol. The molecule has 0 heterocycles. The van der Waals surface area contributed by atoms with Gasteiger partial charge < -0.3 is 14.9 Å². The summed E-state index contributed by atoms with van der Waals surface area (Å²) in [5.41, 5.74) is -0.216. The zero-order valence-corrected chi connectivity index (χ0v) is 17.2. The smallest absolute Gasteiger partial charge is 0.312 e. The van der Waals surface area contributed by atoms with E-state index in [0.29, 0.717) is 34.8 Å². The molecule has 5 rings (SSSR count). The fraction of sp³-hybridized carbons (Fsp3) is 0.480. The highest BCUT2D eigenvalue weighted by Crippen LogP contribution is 2.59. The number of carbonyl (C=O) groups is 1. The number of benzene rings is 2. The lowest BCUT2D eigenvalue weighted by Gasteiger charge is -2.53. The van der Waals surface area contributed by atoms with Crippen LogP contribution in [-0.4, -0.2) is 22.8 Å². The van der Waals surface area contributed by atoms with Crippen molar-refractivity contribution in [1.29, 1.82) is 0 Å². The zero-order chi connectivity index (χ0) is 20.6. The van der Waals surface area contributed by atoms with Crippen LogP contribution in [0.1, 0.15) is 68.2 Å². The highest BCUT2D eigenvalue weighted by atomic mass is 16.5. The van der Waals surface area contributed by atoms with Gasteiger partial charge in [0.1, 0.15) is 11.2 Å². The van der Waals surface area contributed by atoms with Gasteiger partial charge in [-0.1, -0.05) is 81.6 Å². The lowest BCUT2D eigenvalue weighted by Crippen LogP contribution is -2.57. The average Bonchev–Trinajstić information content (AvgIpc) is 2.76. The molecule has 29 heavy (non-hydrogen) atoms. The number of hydrogen-bond acceptors (Lipinski definition) is 4. The molecule has 154 valence electrons. The van der Waals surface area contributed by atoms with Crippen LogP contribution in [0, 0.1) is 11.8 Å². The molecule has 0 aliphatic heterocycles. The van der Waals surface area contributed by atoms with Gasteiger partial charge in [0.15, 0.2) is 0 Å². The molecule has 0 saturated heterocycles. The highest BCUT2D eigenvalue weighted by molar-refractivity contribution is 5.79. The monoisotopic (exact) mass is 394 g/mol. The first-order chi connectivity index (χ1) is 14.0. The fourth-order valence-electron chi connectivity index (χ4n) is 5.13. The maximum atomic E-state index is 13.2. The Morgan fingerprint density at radius 1 is 1.03 bits per heavy atom. The Hall–Kier alpha value is -2.17. The van der Waals surface area contributed by atoms with Gasteiger partial charge in [-0.15, -0.1) is 0 Å². The topological polar surface area (TPSA) is 66.8 Å². The predicted molar refractivity (Wildman–Crippen MR) is 111 cm³/mol. The number of esters is 1. The van der Waals surface area contributed by atoms with E-state index in [-0.39, 0.29) is 6.42 Å². The van der Waals surface area contributed by atoms with E-state index in [4.69, 9.17) is 4.74 Å². The van der Waals surface area contributed by atoms with Crippen molar-refractivity contribution >= 4 is 5.97 Å². The van der Waals surface area contributed by atoms with Crippen molar-refractivity contribution in [1.82, 2.24) is 0 Å². The Balaban J connectivity index is 1.68. The molecule has 2 N–H and O–H groups in total. The van der Waals surface area contributed by atoms with E-state index in [2.05, 4.69) is 13.8 Å². The summed E-state index contributed by atoms with van der Waals surface area (Å²) in [6.45, 7) is 4.63. The third kappa shape index (κ3) is 3.01. The van der Waals surface area contributed by atoms with E-state index < -0.39 is 23.1 Å². The van der Waals surface area contributed by atoms with Crippen molar-refractivity contribution in [2.24, 2.45) is 11.8 Å². The Morgan fingerprint density at radius 2 is 1.59 bits per heavy atom. The van der Waals surface area contributed by atoms with Crippen LogP contribution in [0.15, 0.2) is 48.5 Å². The molecule has 0 amide bonds. The van der Waals surface area contributed by atoms with Crippen LogP contribution in [0.2, 0.25) is 0 Å². The molecular weight excluding hydrogens is 364 g/mol. The second kappa shape index (κ2) is 7.58. The summed E-state index contributed by atoms with van der Waals surface area (Å²) in [6, 6.07) is 14.7. The number of ether oxygens (including phenoxy) is 1. The summed E-state index contributed by atoms with van der Waals surface area (Å²) < 4.78 is 5.71. The molecule has 0 spiro atoms. The predicted octanol–water partition coefficient (Wildman–Crippen LogP) is 4.25. The first-order valence-electron chi connectivity index (χ1n) is 10.8. The first-order valence-corrected chi connectivity index (χ1v) is 10.8. The molecule has 0 radical (unpaired) electrons. The number of fused-ring (bicyclic) bond motifs is 1. The Labute approximate surface area is 172 Å². The molecular formula is C25H30O4. The first kappa shape index (κ1) is 20.1. The minimum absolute atomic E-state index is 0.127. The molecule has 3 aliphatic carbocycles. The van der Waals surface area contributed by atoms with E-state index in [1.165, 1.54) is 0 Å². The number of rotatable bonds is 7. The van der Waals surface area contributed by atoms with Crippen LogP contribution in [0.3, 0.4) is 0 Å². The SMILES string of the molecule is CCCCC(CC)COC(=O)C1CC2(O)c3ccccc3C1(O)c1ccccc12. The normalized spacial score (nSPS) is 27.8. The van der Waals surface area contributed by atoms with Gasteiger partial charge in [0.25, 0.3) is 0 Å². The van der Waals surface area contributed by atoms with Gasteiger partial charge in [0, 0.05) is 6.42 Å². The molecule has 0 fully saturated rings. The van der Waals surface area contributed by atoms with Crippen LogP contribution in [0.4, 0.5) is 0 Å². The summed E-state index contributed by atoms with van der Waals surface area (Å²) in [5.74, 6) is -0.928. The number of unbranched alkanes of at least 4 members (excludes halogenated alkanes) is 1. The van der Waals surface area contributed by atoms with Gasteiger partial charge in [-0.25, -0.2) is 0 Å². The molecule has 0 aromatic heterocycles. The van der Waals surface area contributed by atoms with E-state index in [1.54, 1.807) is 0 Å². The van der Waals surface area contributed by atoms with Gasteiger partial charge in [-0.3, -0.25) is 4.79 Å². The molecule has 2 unspecified atom stereocenters. The molecule has 0 saturated carbocycles. The Morgan fingerprint density at radius 3 is 2.10 bits per heavy atom. The van der Waals surface area contributed by atoms with E-state index in [9.17, 15) is 15.0 Å². The van der Waals surface area contributed by atoms with Crippen molar-refractivity contribution in [3.05, 3.63) is 70.8 Å². The fourth-order valence-corrected chi connectivity index (χ4v) is 5.13. The molecule has 4 heteroatoms. The van der Waals surface area contributed by atoms with Crippen LogP contribution in [0.25, 0.3) is 0 Å². The van der Waals surface area contributed by atoms with Crippen molar-refractivity contribution in [2.75, 3.05) is 6.61 Å². The van der Waals surface area contributed by atoms with Crippen molar-refractivity contribution in [2.45, 2.75) is 57.2 Å². The molecule has 2 aromatic carbocycles. The Kier molecular flexibility index (Phi) is 5.26. The molecule has 2 aromatic rings. The number of aliphatic hydroxyl groups is 2. The minimum Gasteiger partial charge on any atom is -0.465 e. The summed E-state index contributed by atoms with van der Waals surface area (Å²) in [7, 11) is 0. The van der Waals surface area contributed by atoms with Gasteiger partial charge in [-0.2, -0.15) is 0 Å². The van der Waals surface area contributed by atoms with Crippen LogP contribution < -0.4 is 0 Å². The van der Waals surface area contributed by atoms with Gasteiger partial charge >= 0.3 is 5.97 Å². The maximum Gasteiger partial charge on any atom is 0.312 e. The van der Waals surface area contributed by atoms with Gasteiger partial charge in [-0.05, 0) is 34.6 Å². The standard InChI is InChI=1S/C25H30O4/c1-3-5-10-17(4-2)16-29-23(26)22-15-24(27)18-11-6-8-13-20(18)25(22,28)21-14-9-7-12-19(21)24/h6-9,11-14,17,22,27-28H,3-5,10,15-16H2,1-2H3. The highest BCUT2D eigenvalue weighted by Gasteiger charge is 2.62. The quantitative estimate of drug-likeness (QED) is 0.689. The Bertz CT molecular complexity index is 856. The summed E-state index contributed by atoms with van der Waals surface area (Å²) in [5, 5.41) is 23.6. The second-order valence-corrected chi connectivity index (χ2v) is 8.52. The summed E-state index contributed by atoms with van der Waals surface area (Å²) in [6.07, 6.45) is 4.35. The lowest BCUT2D eigenvalue weighted by atomic mass is 9.54. The third-order valence-corrected chi connectivity index (χ3v) is 6.86. The minimum atomic E-state index is -1.49. The lowest BCUT2D eigenvalue weighted by molar-refractivity contribution is -0.168. The van der Waals surface area contributed by atoms with Gasteiger partial charge in [0.2, 0.25) is 0 Å².